The predicted molar refractivity (Wildman–Crippen MR) is 78.5 cm³/mol. The first-order valence-electron chi connectivity index (χ1n) is 7.05. The summed E-state index contributed by atoms with van der Waals surface area (Å²) in [5.74, 6) is -1.12. The van der Waals surface area contributed by atoms with Gasteiger partial charge in [0.15, 0.2) is 0 Å². The maximum atomic E-state index is 10.8. The lowest BCUT2D eigenvalue weighted by molar-refractivity contribution is -0.138. The summed E-state index contributed by atoms with van der Waals surface area (Å²) in [6.07, 6.45) is 5.61. The number of amides is 2. The number of likely N-dealkylation sites (N-methyl/N-ethyl adjacent to an activating group) is 1. The molecule has 0 saturated carbocycles. The van der Waals surface area contributed by atoms with Gasteiger partial charge in [0.1, 0.15) is 0 Å². The van der Waals surface area contributed by atoms with Gasteiger partial charge in [-0.3, -0.25) is 9.59 Å². The molecule has 4 nitrogen and oxygen atoms in total. The summed E-state index contributed by atoms with van der Waals surface area (Å²) in [5.41, 5.74) is 0. The van der Waals surface area contributed by atoms with Crippen molar-refractivity contribution in [2.24, 2.45) is 0 Å². The summed E-state index contributed by atoms with van der Waals surface area (Å²) in [4.78, 5) is 21.5. The van der Waals surface area contributed by atoms with Crippen LogP contribution >= 0.6 is 0 Å². The Morgan fingerprint density at radius 1 is 0.833 bits per heavy atom. The second-order valence-electron chi connectivity index (χ2n) is 3.96. The SMILES string of the molecule is CCC.CCC.CCCCCNC(=O)C(=O)NC. The molecule has 0 atom stereocenters. The van der Waals surface area contributed by atoms with Crippen LogP contribution in [0.4, 0.5) is 0 Å². The van der Waals surface area contributed by atoms with Crippen molar-refractivity contribution in [3.63, 3.8) is 0 Å². The lowest BCUT2D eigenvalue weighted by atomic mass is 10.2. The minimum atomic E-state index is -0.577. The van der Waals surface area contributed by atoms with Gasteiger partial charge in [0, 0.05) is 13.6 Å². The molecule has 0 spiro atoms. The van der Waals surface area contributed by atoms with Crippen LogP contribution in [0.5, 0.6) is 0 Å². The van der Waals surface area contributed by atoms with Crippen LogP contribution in [0.25, 0.3) is 0 Å². The molecule has 0 aliphatic carbocycles. The Bertz CT molecular complexity index is 181. The first-order chi connectivity index (χ1) is 8.55. The summed E-state index contributed by atoms with van der Waals surface area (Å²) in [7, 11) is 1.44. The average Bonchev–Trinajstić information content (AvgIpc) is 2.35. The highest BCUT2D eigenvalue weighted by Gasteiger charge is 2.08. The van der Waals surface area contributed by atoms with Crippen LogP contribution in [-0.4, -0.2) is 25.4 Å². The number of hydrogen-bond donors (Lipinski definition) is 2. The second-order valence-corrected chi connectivity index (χ2v) is 3.96. The molecule has 0 aliphatic rings. The Balaban J connectivity index is -0.000000315. The van der Waals surface area contributed by atoms with Gasteiger partial charge in [-0.2, -0.15) is 0 Å². The molecule has 18 heavy (non-hydrogen) atoms. The van der Waals surface area contributed by atoms with E-state index in [0.717, 1.165) is 19.3 Å². The van der Waals surface area contributed by atoms with Gasteiger partial charge in [-0.05, 0) is 6.42 Å². The van der Waals surface area contributed by atoms with E-state index in [1.807, 2.05) is 0 Å². The van der Waals surface area contributed by atoms with Crippen molar-refractivity contribution in [2.45, 2.75) is 66.7 Å². The first kappa shape index (κ1) is 22.1. The summed E-state index contributed by atoms with van der Waals surface area (Å²) in [5, 5.41) is 4.77. The van der Waals surface area contributed by atoms with Crippen LogP contribution in [0.2, 0.25) is 0 Å². The van der Waals surface area contributed by atoms with Gasteiger partial charge in [-0.1, -0.05) is 60.3 Å². The highest BCUT2D eigenvalue weighted by Crippen LogP contribution is 1.90. The molecule has 0 aromatic rings. The van der Waals surface area contributed by atoms with Gasteiger partial charge >= 0.3 is 11.8 Å². The average molecular weight is 260 g/mol. The van der Waals surface area contributed by atoms with Gasteiger partial charge in [-0.25, -0.2) is 0 Å². The van der Waals surface area contributed by atoms with Crippen LogP contribution in [-0.2, 0) is 9.59 Å². The predicted octanol–water partition coefficient (Wildman–Crippen LogP) is 2.87. The number of nitrogens with one attached hydrogen (secondary N) is 2. The van der Waals surface area contributed by atoms with E-state index in [1.54, 1.807) is 0 Å². The van der Waals surface area contributed by atoms with Crippen molar-refractivity contribution < 1.29 is 9.59 Å². The highest BCUT2D eigenvalue weighted by atomic mass is 16.2. The lowest BCUT2D eigenvalue weighted by Crippen LogP contribution is -2.38. The van der Waals surface area contributed by atoms with E-state index >= 15 is 0 Å². The third-order valence-electron chi connectivity index (χ3n) is 1.50. The summed E-state index contributed by atoms with van der Waals surface area (Å²) in [6, 6.07) is 0. The quantitative estimate of drug-likeness (QED) is 0.603. The second kappa shape index (κ2) is 21.2. The normalized spacial score (nSPS) is 8.11. The Hall–Kier alpha value is -1.06. The molecule has 0 fully saturated rings. The molecule has 0 bridgehead atoms. The number of unbranched alkanes of at least 4 members (excludes halogenated alkanes) is 2. The fraction of sp³-hybridized carbons (Fsp3) is 0.857. The fourth-order valence-electron chi connectivity index (χ4n) is 0.771. The zero-order valence-corrected chi connectivity index (χ0v) is 13.1. The van der Waals surface area contributed by atoms with Crippen LogP contribution < -0.4 is 10.6 Å². The van der Waals surface area contributed by atoms with Crippen LogP contribution in [0.1, 0.15) is 66.7 Å². The third-order valence-corrected chi connectivity index (χ3v) is 1.50. The van der Waals surface area contributed by atoms with Crippen molar-refractivity contribution >= 4 is 11.8 Å². The van der Waals surface area contributed by atoms with Crippen molar-refractivity contribution in [1.82, 2.24) is 10.6 Å². The van der Waals surface area contributed by atoms with Crippen molar-refractivity contribution in [3.05, 3.63) is 0 Å². The largest absolute Gasteiger partial charge is 0.351 e. The van der Waals surface area contributed by atoms with E-state index in [0.29, 0.717) is 6.54 Å². The van der Waals surface area contributed by atoms with Gasteiger partial charge < -0.3 is 10.6 Å². The molecule has 0 aliphatic heterocycles. The summed E-state index contributed by atoms with van der Waals surface area (Å²) >= 11 is 0. The van der Waals surface area contributed by atoms with Crippen LogP contribution in [0.3, 0.4) is 0 Å². The van der Waals surface area contributed by atoms with Gasteiger partial charge in [0.2, 0.25) is 0 Å². The monoisotopic (exact) mass is 260 g/mol. The zero-order valence-electron chi connectivity index (χ0n) is 13.1. The molecule has 4 heteroatoms. The molecule has 0 aromatic heterocycles. The maximum Gasteiger partial charge on any atom is 0.309 e. The molecular weight excluding hydrogens is 228 g/mol. The van der Waals surface area contributed by atoms with E-state index in [-0.39, 0.29) is 0 Å². The number of carbonyl (C=O) groups excluding carboxylic acids is 2. The molecule has 2 amide bonds. The molecule has 2 N–H and O–H groups in total. The van der Waals surface area contributed by atoms with E-state index in [1.165, 1.54) is 19.9 Å². The molecule has 0 heterocycles. The Kier molecular flexibility index (Phi) is 26.1. The number of rotatable bonds is 4. The smallest absolute Gasteiger partial charge is 0.309 e. The van der Waals surface area contributed by atoms with Gasteiger partial charge in [0.25, 0.3) is 0 Å². The van der Waals surface area contributed by atoms with E-state index in [2.05, 4.69) is 45.3 Å². The molecule has 0 rings (SSSR count). The van der Waals surface area contributed by atoms with Crippen molar-refractivity contribution in [1.29, 1.82) is 0 Å². The van der Waals surface area contributed by atoms with Crippen LogP contribution in [0.15, 0.2) is 0 Å². The molecule has 110 valence electrons. The number of carbonyl (C=O) groups is 2. The van der Waals surface area contributed by atoms with Gasteiger partial charge in [-0.15, -0.1) is 0 Å². The minimum Gasteiger partial charge on any atom is -0.351 e. The minimum absolute atomic E-state index is 0.548. The summed E-state index contributed by atoms with van der Waals surface area (Å²) < 4.78 is 0. The van der Waals surface area contributed by atoms with E-state index < -0.39 is 11.8 Å². The summed E-state index contributed by atoms with van der Waals surface area (Å²) in [6.45, 7) is 11.2. The van der Waals surface area contributed by atoms with Gasteiger partial charge in [0.05, 0.1) is 0 Å². The number of hydrogen-bond acceptors (Lipinski definition) is 2. The fourth-order valence-corrected chi connectivity index (χ4v) is 0.771. The van der Waals surface area contributed by atoms with E-state index in [9.17, 15) is 9.59 Å². The standard InChI is InChI=1S/C8H16N2O2.2C3H8/c1-3-4-5-6-10-8(12)7(11)9-2;2*1-3-2/h3-6H2,1-2H3,(H,9,11)(H,10,12);2*3H2,1-2H3. The Morgan fingerprint density at radius 3 is 1.61 bits per heavy atom. The maximum absolute atomic E-state index is 10.8. The molecule has 0 saturated heterocycles. The molecular formula is C14H32N2O2. The first-order valence-corrected chi connectivity index (χ1v) is 7.05. The highest BCUT2D eigenvalue weighted by molar-refractivity contribution is 6.34. The third kappa shape index (κ3) is 24.3. The van der Waals surface area contributed by atoms with Crippen molar-refractivity contribution in [2.75, 3.05) is 13.6 Å². The Labute approximate surface area is 113 Å². The molecule has 0 radical (unpaired) electrons. The van der Waals surface area contributed by atoms with Crippen LogP contribution in [0, 0.1) is 0 Å². The molecule has 0 aromatic carbocycles. The lowest BCUT2D eigenvalue weighted by Gasteiger charge is -2.02. The topological polar surface area (TPSA) is 58.2 Å². The van der Waals surface area contributed by atoms with Crippen molar-refractivity contribution in [3.8, 4) is 0 Å². The Morgan fingerprint density at radius 2 is 1.28 bits per heavy atom. The zero-order chi connectivity index (χ0) is 14.8. The van der Waals surface area contributed by atoms with E-state index in [4.69, 9.17) is 0 Å². The molecule has 0 unspecified atom stereocenters.